The van der Waals surface area contributed by atoms with E-state index in [-0.39, 0.29) is 11.6 Å². The van der Waals surface area contributed by atoms with Gasteiger partial charge in [-0.3, -0.25) is 4.79 Å². The molecule has 1 nitrogen and oxygen atoms in total. The molecule has 1 heterocycles. The van der Waals surface area contributed by atoms with Gasteiger partial charge in [-0.15, -0.1) is 11.3 Å². The number of halogens is 1. The van der Waals surface area contributed by atoms with Gasteiger partial charge in [0.2, 0.25) is 5.78 Å². The molecule has 0 amide bonds. The number of ketones is 1. The minimum Gasteiger partial charge on any atom is -0.288 e. The molecular weight excluding hydrogens is 235 g/mol. The van der Waals surface area contributed by atoms with E-state index in [2.05, 4.69) is 0 Å². The summed E-state index contributed by atoms with van der Waals surface area (Å²) in [6, 6.07) is 6.55. The van der Waals surface area contributed by atoms with E-state index in [9.17, 15) is 9.18 Å². The smallest absolute Gasteiger partial charge is 0.203 e. The number of carbonyl (C=O) groups is 1. The van der Waals surface area contributed by atoms with Crippen LogP contribution in [0, 0.1) is 26.6 Å². The number of carbonyl (C=O) groups excluding carboxylic acids is 1. The van der Waals surface area contributed by atoms with Crippen LogP contribution in [-0.2, 0) is 0 Å². The van der Waals surface area contributed by atoms with E-state index < -0.39 is 0 Å². The first-order valence-corrected chi connectivity index (χ1v) is 6.18. The number of hydrogen-bond donors (Lipinski definition) is 0. The lowest BCUT2D eigenvalue weighted by Crippen LogP contribution is -2.05. The van der Waals surface area contributed by atoms with E-state index >= 15 is 0 Å². The van der Waals surface area contributed by atoms with Gasteiger partial charge in [0.15, 0.2) is 0 Å². The molecular formula is C14H13FOS. The van der Waals surface area contributed by atoms with Crippen LogP contribution in [0.2, 0.25) is 0 Å². The molecule has 0 atom stereocenters. The highest BCUT2D eigenvalue weighted by Crippen LogP contribution is 2.24. The third kappa shape index (κ3) is 2.29. The normalized spacial score (nSPS) is 10.6. The Bertz CT molecular complexity index is 561. The van der Waals surface area contributed by atoms with Crippen molar-refractivity contribution in [3.63, 3.8) is 0 Å². The summed E-state index contributed by atoms with van der Waals surface area (Å²) in [7, 11) is 0. The fraction of sp³-hybridized carbons (Fsp3) is 0.214. The monoisotopic (exact) mass is 248 g/mol. The van der Waals surface area contributed by atoms with Crippen LogP contribution in [0.1, 0.15) is 31.2 Å². The third-order valence-corrected chi connectivity index (χ3v) is 3.69. The molecule has 0 fully saturated rings. The van der Waals surface area contributed by atoms with Crippen LogP contribution in [0.4, 0.5) is 4.39 Å². The van der Waals surface area contributed by atoms with Gasteiger partial charge in [-0.2, -0.15) is 0 Å². The van der Waals surface area contributed by atoms with Crippen molar-refractivity contribution in [3.05, 3.63) is 56.5 Å². The lowest BCUT2D eigenvalue weighted by atomic mass is 9.98. The molecule has 0 aliphatic carbocycles. The summed E-state index contributed by atoms with van der Waals surface area (Å²) in [5.41, 5.74) is 2.00. The average molecular weight is 248 g/mol. The molecule has 88 valence electrons. The maximum absolute atomic E-state index is 13.2. The Morgan fingerprint density at radius 1 is 1.12 bits per heavy atom. The Balaban J connectivity index is 2.51. The highest BCUT2D eigenvalue weighted by molar-refractivity contribution is 7.14. The second-order valence-electron chi connectivity index (χ2n) is 4.15. The SMILES string of the molecule is Cc1ccc(C(=O)c2c(C)cc(F)cc2C)s1. The Morgan fingerprint density at radius 2 is 1.71 bits per heavy atom. The third-order valence-electron chi connectivity index (χ3n) is 2.69. The first-order valence-electron chi connectivity index (χ1n) is 5.37. The van der Waals surface area contributed by atoms with Crippen LogP contribution in [0.5, 0.6) is 0 Å². The summed E-state index contributed by atoms with van der Waals surface area (Å²) >= 11 is 1.47. The van der Waals surface area contributed by atoms with E-state index in [0.717, 1.165) is 4.88 Å². The maximum atomic E-state index is 13.2. The van der Waals surface area contributed by atoms with Gasteiger partial charge in [0.1, 0.15) is 5.82 Å². The van der Waals surface area contributed by atoms with Gasteiger partial charge < -0.3 is 0 Å². The zero-order valence-corrected chi connectivity index (χ0v) is 10.8. The van der Waals surface area contributed by atoms with Crippen molar-refractivity contribution in [1.29, 1.82) is 0 Å². The summed E-state index contributed by atoms with van der Waals surface area (Å²) in [5.74, 6) is -0.308. The van der Waals surface area contributed by atoms with Crippen LogP contribution in [0.3, 0.4) is 0 Å². The molecule has 3 heteroatoms. The summed E-state index contributed by atoms with van der Waals surface area (Å²) in [6.07, 6.45) is 0. The van der Waals surface area contributed by atoms with E-state index in [1.165, 1.54) is 23.5 Å². The Morgan fingerprint density at radius 3 is 2.18 bits per heavy atom. The molecule has 1 aromatic heterocycles. The predicted molar refractivity (Wildman–Crippen MR) is 68.4 cm³/mol. The molecule has 0 saturated carbocycles. The van der Waals surface area contributed by atoms with Gasteiger partial charge in [0.05, 0.1) is 4.88 Å². The van der Waals surface area contributed by atoms with Gasteiger partial charge in [-0.1, -0.05) is 0 Å². The summed E-state index contributed by atoms with van der Waals surface area (Å²) in [6.45, 7) is 5.50. The Hall–Kier alpha value is -1.48. The Kier molecular flexibility index (Phi) is 3.11. The van der Waals surface area contributed by atoms with Gasteiger partial charge in [-0.05, 0) is 56.2 Å². The molecule has 2 rings (SSSR count). The van der Waals surface area contributed by atoms with Gasteiger partial charge in [0.25, 0.3) is 0 Å². The second kappa shape index (κ2) is 4.41. The molecule has 2 aromatic rings. The highest BCUT2D eigenvalue weighted by atomic mass is 32.1. The summed E-state index contributed by atoms with van der Waals surface area (Å²) in [4.78, 5) is 14.1. The van der Waals surface area contributed by atoms with Crippen molar-refractivity contribution in [3.8, 4) is 0 Å². The largest absolute Gasteiger partial charge is 0.288 e. The van der Waals surface area contributed by atoms with Crippen LogP contribution < -0.4 is 0 Å². The fourth-order valence-electron chi connectivity index (χ4n) is 1.95. The predicted octanol–water partition coefficient (Wildman–Crippen LogP) is 4.04. The lowest BCUT2D eigenvalue weighted by molar-refractivity contribution is 0.104. The van der Waals surface area contributed by atoms with Gasteiger partial charge in [0, 0.05) is 10.4 Å². The fourth-order valence-corrected chi connectivity index (χ4v) is 2.76. The number of benzene rings is 1. The van der Waals surface area contributed by atoms with Gasteiger partial charge in [-0.25, -0.2) is 4.39 Å². The molecule has 0 N–H and O–H groups in total. The Labute approximate surface area is 104 Å². The summed E-state index contributed by atoms with van der Waals surface area (Å²) < 4.78 is 13.2. The zero-order chi connectivity index (χ0) is 12.6. The molecule has 0 bridgehead atoms. The highest BCUT2D eigenvalue weighted by Gasteiger charge is 2.16. The van der Waals surface area contributed by atoms with Crippen molar-refractivity contribution in [2.24, 2.45) is 0 Å². The van der Waals surface area contributed by atoms with Crippen molar-refractivity contribution < 1.29 is 9.18 Å². The molecule has 0 saturated heterocycles. The standard InChI is InChI=1S/C14H13FOS/c1-8-6-11(15)7-9(2)13(8)14(16)12-5-4-10(3)17-12/h4-7H,1-3H3. The second-order valence-corrected chi connectivity index (χ2v) is 5.44. The maximum Gasteiger partial charge on any atom is 0.203 e. The lowest BCUT2D eigenvalue weighted by Gasteiger charge is -2.07. The van der Waals surface area contributed by atoms with E-state index in [1.54, 1.807) is 13.8 Å². The number of hydrogen-bond acceptors (Lipinski definition) is 2. The summed E-state index contributed by atoms with van der Waals surface area (Å²) in [5, 5.41) is 0. The van der Waals surface area contributed by atoms with Crippen LogP contribution in [0.25, 0.3) is 0 Å². The molecule has 0 radical (unpaired) electrons. The van der Waals surface area contributed by atoms with Gasteiger partial charge >= 0.3 is 0 Å². The average Bonchev–Trinajstić information content (AvgIpc) is 2.63. The van der Waals surface area contributed by atoms with E-state index in [0.29, 0.717) is 21.6 Å². The molecule has 0 aliphatic heterocycles. The van der Waals surface area contributed by atoms with Crippen molar-refractivity contribution in [1.82, 2.24) is 0 Å². The molecule has 17 heavy (non-hydrogen) atoms. The first-order chi connectivity index (χ1) is 7.99. The van der Waals surface area contributed by atoms with Crippen molar-refractivity contribution >= 4 is 17.1 Å². The van der Waals surface area contributed by atoms with Crippen LogP contribution >= 0.6 is 11.3 Å². The number of aryl methyl sites for hydroxylation is 3. The zero-order valence-electron chi connectivity index (χ0n) is 10.0. The number of rotatable bonds is 2. The molecule has 0 unspecified atom stereocenters. The molecule has 1 aromatic carbocycles. The van der Waals surface area contributed by atoms with E-state index in [4.69, 9.17) is 0 Å². The number of thiophene rings is 1. The van der Waals surface area contributed by atoms with Crippen LogP contribution in [-0.4, -0.2) is 5.78 Å². The van der Waals surface area contributed by atoms with E-state index in [1.807, 2.05) is 19.1 Å². The van der Waals surface area contributed by atoms with Crippen molar-refractivity contribution in [2.75, 3.05) is 0 Å². The molecule has 0 spiro atoms. The topological polar surface area (TPSA) is 17.1 Å². The van der Waals surface area contributed by atoms with Crippen molar-refractivity contribution in [2.45, 2.75) is 20.8 Å². The van der Waals surface area contributed by atoms with Crippen LogP contribution in [0.15, 0.2) is 24.3 Å². The minimum atomic E-state index is -0.293. The minimum absolute atomic E-state index is 0.0156. The first kappa shape index (κ1) is 12.0. The quantitative estimate of drug-likeness (QED) is 0.733. The molecule has 0 aliphatic rings.